The quantitative estimate of drug-likeness (QED) is 0.796. The lowest BCUT2D eigenvalue weighted by atomic mass is 10.2. The maximum absolute atomic E-state index is 5.36. The molecule has 0 fully saturated rings. The van der Waals surface area contributed by atoms with Gasteiger partial charge in [0.1, 0.15) is 5.75 Å². The Hall–Kier alpha value is -2.95. The molecule has 110 valence electrons. The Kier molecular flexibility index (Phi) is 3.96. The molecule has 0 unspecified atom stereocenters. The number of ether oxygens (including phenoxy) is 1. The number of aromatic nitrogens is 3. The fourth-order valence-electron chi connectivity index (χ4n) is 2.14. The van der Waals surface area contributed by atoms with Gasteiger partial charge in [-0.3, -0.25) is 4.98 Å². The van der Waals surface area contributed by atoms with Crippen LogP contribution in [0.2, 0.25) is 0 Å². The van der Waals surface area contributed by atoms with E-state index in [1.165, 1.54) is 0 Å². The molecular weight excluding hydrogens is 276 g/mol. The Bertz CT molecular complexity index is 775. The van der Waals surface area contributed by atoms with Crippen molar-refractivity contribution in [3.63, 3.8) is 0 Å². The minimum Gasteiger partial charge on any atom is -0.495 e. The number of rotatable bonds is 4. The van der Waals surface area contributed by atoms with E-state index in [-0.39, 0.29) is 0 Å². The first kappa shape index (κ1) is 14.0. The van der Waals surface area contributed by atoms with Crippen LogP contribution in [-0.4, -0.2) is 22.1 Å². The molecule has 0 saturated carbocycles. The van der Waals surface area contributed by atoms with Gasteiger partial charge in [0.2, 0.25) is 5.95 Å². The van der Waals surface area contributed by atoms with Crippen molar-refractivity contribution in [1.29, 1.82) is 0 Å². The number of benzene rings is 1. The van der Waals surface area contributed by atoms with Crippen LogP contribution in [0.4, 0.5) is 11.6 Å². The Balaban J connectivity index is 1.92. The Labute approximate surface area is 129 Å². The molecule has 1 N–H and O–H groups in total. The summed E-state index contributed by atoms with van der Waals surface area (Å²) >= 11 is 0. The van der Waals surface area contributed by atoms with E-state index in [1.807, 2.05) is 43.3 Å². The fraction of sp³-hybridized carbons (Fsp3) is 0.118. The van der Waals surface area contributed by atoms with Crippen molar-refractivity contribution in [3.05, 3.63) is 60.6 Å². The molecule has 3 aromatic rings. The van der Waals surface area contributed by atoms with Crippen LogP contribution in [0, 0.1) is 6.92 Å². The zero-order chi connectivity index (χ0) is 15.4. The van der Waals surface area contributed by atoms with Gasteiger partial charge in [-0.1, -0.05) is 6.07 Å². The first-order chi connectivity index (χ1) is 10.8. The average Bonchev–Trinajstić information content (AvgIpc) is 2.56. The lowest BCUT2D eigenvalue weighted by Gasteiger charge is -2.11. The van der Waals surface area contributed by atoms with Crippen LogP contribution in [0.25, 0.3) is 11.3 Å². The highest BCUT2D eigenvalue weighted by atomic mass is 16.5. The third-order valence-electron chi connectivity index (χ3n) is 3.23. The van der Waals surface area contributed by atoms with Gasteiger partial charge < -0.3 is 10.1 Å². The van der Waals surface area contributed by atoms with Crippen LogP contribution in [-0.2, 0) is 0 Å². The standard InChI is InChI=1S/C17H16N4O/c1-12-3-4-16(22-2)15(11-12)21-17-19-10-7-14(20-17)13-5-8-18-9-6-13/h3-11H,1-2H3,(H,19,20,21). The number of hydrogen-bond acceptors (Lipinski definition) is 5. The molecule has 22 heavy (non-hydrogen) atoms. The summed E-state index contributed by atoms with van der Waals surface area (Å²) in [7, 11) is 1.64. The monoisotopic (exact) mass is 292 g/mol. The second kappa shape index (κ2) is 6.22. The number of pyridine rings is 1. The number of nitrogens with zero attached hydrogens (tertiary/aromatic N) is 3. The van der Waals surface area contributed by atoms with Crippen LogP contribution in [0.15, 0.2) is 55.0 Å². The highest BCUT2D eigenvalue weighted by molar-refractivity contribution is 5.65. The van der Waals surface area contributed by atoms with Gasteiger partial charge in [-0.15, -0.1) is 0 Å². The normalized spacial score (nSPS) is 10.3. The van der Waals surface area contributed by atoms with Crippen molar-refractivity contribution < 1.29 is 4.74 Å². The van der Waals surface area contributed by atoms with Crippen molar-refractivity contribution in [3.8, 4) is 17.0 Å². The molecule has 0 atom stereocenters. The molecule has 1 aromatic carbocycles. The maximum Gasteiger partial charge on any atom is 0.227 e. The van der Waals surface area contributed by atoms with E-state index >= 15 is 0 Å². The second-order valence-corrected chi connectivity index (χ2v) is 4.83. The summed E-state index contributed by atoms with van der Waals surface area (Å²) in [5, 5.41) is 3.21. The number of anilines is 2. The van der Waals surface area contributed by atoms with Gasteiger partial charge in [-0.05, 0) is 42.8 Å². The molecule has 5 heteroatoms. The summed E-state index contributed by atoms with van der Waals surface area (Å²) in [5.74, 6) is 1.28. The summed E-state index contributed by atoms with van der Waals surface area (Å²) in [5.41, 5.74) is 3.81. The Morgan fingerprint density at radius 3 is 2.59 bits per heavy atom. The van der Waals surface area contributed by atoms with E-state index in [4.69, 9.17) is 4.74 Å². The number of hydrogen-bond donors (Lipinski definition) is 1. The van der Waals surface area contributed by atoms with E-state index in [2.05, 4.69) is 20.3 Å². The molecule has 0 spiro atoms. The minimum atomic E-state index is 0.526. The SMILES string of the molecule is COc1ccc(C)cc1Nc1nccc(-c2ccncc2)n1. The van der Waals surface area contributed by atoms with Crippen molar-refractivity contribution in [2.24, 2.45) is 0 Å². The van der Waals surface area contributed by atoms with Gasteiger partial charge in [-0.2, -0.15) is 0 Å². The summed E-state index contributed by atoms with van der Waals surface area (Å²) in [4.78, 5) is 12.8. The molecule has 3 rings (SSSR count). The largest absolute Gasteiger partial charge is 0.495 e. The molecule has 5 nitrogen and oxygen atoms in total. The third kappa shape index (κ3) is 3.03. The van der Waals surface area contributed by atoms with Crippen molar-refractivity contribution >= 4 is 11.6 Å². The minimum absolute atomic E-state index is 0.526. The van der Waals surface area contributed by atoms with E-state index in [0.29, 0.717) is 5.95 Å². The topological polar surface area (TPSA) is 59.9 Å². The summed E-state index contributed by atoms with van der Waals surface area (Å²) < 4.78 is 5.36. The van der Waals surface area contributed by atoms with Crippen molar-refractivity contribution in [2.45, 2.75) is 6.92 Å². The van der Waals surface area contributed by atoms with Crippen molar-refractivity contribution in [1.82, 2.24) is 15.0 Å². The molecule has 0 bridgehead atoms. The first-order valence-electron chi connectivity index (χ1n) is 6.91. The molecule has 2 aromatic heterocycles. The Morgan fingerprint density at radius 2 is 1.82 bits per heavy atom. The van der Waals surface area contributed by atoms with Crippen LogP contribution < -0.4 is 10.1 Å². The first-order valence-corrected chi connectivity index (χ1v) is 6.91. The van der Waals surface area contributed by atoms with Gasteiger partial charge in [0, 0.05) is 24.2 Å². The summed E-state index contributed by atoms with van der Waals surface area (Å²) in [6, 6.07) is 11.6. The van der Waals surface area contributed by atoms with Gasteiger partial charge in [0.15, 0.2) is 0 Å². The lowest BCUT2D eigenvalue weighted by molar-refractivity contribution is 0.416. The van der Waals surface area contributed by atoms with Crippen molar-refractivity contribution in [2.75, 3.05) is 12.4 Å². The van der Waals surface area contributed by atoms with Crippen LogP contribution in [0.1, 0.15) is 5.56 Å². The molecule has 0 aliphatic heterocycles. The number of aryl methyl sites for hydroxylation is 1. The van der Waals surface area contributed by atoms with Crippen LogP contribution >= 0.6 is 0 Å². The molecule has 2 heterocycles. The summed E-state index contributed by atoms with van der Waals surface area (Å²) in [6.45, 7) is 2.03. The van der Waals surface area contributed by atoms with Crippen LogP contribution in [0.5, 0.6) is 5.75 Å². The number of methoxy groups -OCH3 is 1. The molecule has 0 aliphatic carbocycles. The van der Waals surface area contributed by atoms with Crippen LogP contribution in [0.3, 0.4) is 0 Å². The molecule has 0 aliphatic rings. The van der Waals surface area contributed by atoms with Gasteiger partial charge in [0.05, 0.1) is 18.5 Å². The average molecular weight is 292 g/mol. The summed E-state index contributed by atoms with van der Waals surface area (Å²) in [6.07, 6.45) is 5.22. The molecule has 0 radical (unpaired) electrons. The van der Waals surface area contributed by atoms with E-state index < -0.39 is 0 Å². The van der Waals surface area contributed by atoms with E-state index in [9.17, 15) is 0 Å². The third-order valence-corrected chi connectivity index (χ3v) is 3.23. The lowest BCUT2D eigenvalue weighted by Crippen LogP contribution is -2.00. The van der Waals surface area contributed by atoms with E-state index in [0.717, 1.165) is 28.3 Å². The smallest absolute Gasteiger partial charge is 0.227 e. The maximum atomic E-state index is 5.36. The molecular formula is C17H16N4O. The number of nitrogens with one attached hydrogen (secondary N) is 1. The molecule has 0 amide bonds. The Morgan fingerprint density at radius 1 is 1.00 bits per heavy atom. The van der Waals surface area contributed by atoms with E-state index in [1.54, 1.807) is 25.7 Å². The zero-order valence-corrected chi connectivity index (χ0v) is 12.4. The predicted molar refractivity (Wildman–Crippen MR) is 86.3 cm³/mol. The zero-order valence-electron chi connectivity index (χ0n) is 12.4. The van der Waals surface area contributed by atoms with Gasteiger partial charge in [0.25, 0.3) is 0 Å². The predicted octanol–water partition coefficient (Wildman–Crippen LogP) is 3.60. The van der Waals surface area contributed by atoms with Gasteiger partial charge >= 0.3 is 0 Å². The molecule has 0 saturated heterocycles. The van der Waals surface area contributed by atoms with Gasteiger partial charge in [-0.25, -0.2) is 9.97 Å². The highest BCUT2D eigenvalue weighted by Crippen LogP contribution is 2.28. The highest BCUT2D eigenvalue weighted by Gasteiger charge is 2.07. The second-order valence-electron chi connectivity index (χ2n) is 4.83. The fourth-order valence-corrected chi connectivity index (χ4v) is 2.14.